The van der Waals surface area contributed by atoms with Gasteiger partial charge >= 0.3 is 0 Å². The van der Waals surface area contributed by atoms with E-state index in [1.165, 1.54) is 50.4 Å². The van der Waals surface area contributed by atoms with Gasteiger partial charge < -0.3 is 0 Å². The molecule has 0 spiro atoms. The van der Waals surface area contributed by atoms with Gasteiger partial charge in [-0.15, -0.1) is 11.3 Å². The van der Waals surface area contributed by atoms with Crippen LogP contribution in [0.5, 0.6) is 0 Å². The second-order valence-electron chi connectivity index (χ2n) is 5.23. The summed E-state index contributed by atoms with van der Waals surface area (Å²) < 4.78 is 0. The van der Waals surface area contributed by atoms with Crippen LogP contribution in [0.15, 0.2) is 11.6 Å². The van der Waals surface area contributed by atoms with Crippen molar-refractivity contribution in [3.8, 4) is 0 Å². The van der Waals surface area contributed by atoms with Gasteiger partial charge in [0.2, 0.25) is 0 Å². The molecule has 0 radical (unpaired) electrons. The van der Waals surface area contributed by atoms with Crippen molar-refractivity contribution in [3.63, 3.8) is 0 Å². The largest absolute Gasteiger partial charge is 0.298 e. The molecule has 4 heteroatoms. The number of thiazole rings is 1. The maximum absolute atomic E-state index is 4.46. The Morgan fingerprint density at radius 3 is 3.12 bits per heavy atom. The third-order valence-electron chi connectivity index (χ3n) is 4.23. The number of hydrogen-bond acceptors (Lipinski definition) is 4. The molecule has 1 aromatic heterocycles. The van der Waals surface area contributed by atoms with Crippen LogP contribution in [0.1, 0.15) is 37.2 Å². The Labute approximate surface area is 107 Å². The fourth-order valence-electron chi connectivity index (χ4n) is 3.13. The molecular weight excluding hydrogens is 230 g/mol. The number of piperazine rings is 1. The summed E-state index contributed by atoms with van der Waals surface area (Å²) in [6.07, 6.45) is 6.13. The molecule has 1 aromatic rings. The van der Waals surface area contributed by atoms with Crippen molar-refractivity contribution in [1.82, 2.24) is 14.8 Å². The molecular formula is C13H21N3S. The maximum Gasteiger partial charge on any atom is 0.109 e. The molecule has 0 saturated carbocycles. The van der Waals surface area contributed by atoms with Gasteiger partial charge in [0.15, 0.2) is 0 Å². The standard InChI is InChI=1S/C13H21N3S/c1-11(13-14-5-9-17-13)16-8-7-15-6-3-2-4-12(15)10-16/h5,9,11-12H,2-4,6-8,10H2,1H3. The van der Waals surface area contributed by atoms with Gasteiger partial charge in [-0.1, -0.05) is 6.42 Å². The molecule has 3 nitrogen and oxygen atoms in total. The summed E-state index contributed by atoms with van der Waals surface area (Å²) in [5, 5.41) is 3.36. The number of rotatable bonds is 2. The molecule has 2 aliphatic rings. The van der Waals surface area contributed by atoms with Crippen molar-refractivity contribution in [1.29, 1.82) is 0 Å². The number of nitrogens with zero attached hydrogens (tertiary/aromatic N) is 3. The van der Waals surface area contributed by atoms with Gasteiger partial charge in [-0.3, -0.25) is 9.80 Å². The molecule has 3 rings (SSSR count). The highest BCUT2D eigenvalue weighted by Crippen LogP contribution is 2.28. The third-order valence-corrected chi connectivity index (χ3v) is 5.17. The van der Waals surface area contributed by atoms with E-state index in [2.05, 4.69) is 27.1 Å². The lowest BCUT2D eigenvalue weighted by Gasteiger charge is -2.45. The first-order valence-corrected chi connectivity index (χ1v) is 7.60. The highest BCUT2D eigenvalue weighted by atomic mass is 32.1. The van der Waals surface area contributed by atoms with Crippen molar-refractivity contribution in [2.75, 3.05) is 26.2 Å². The zero-order chi connectivity index (χ0) is 11.7. The molecule has 94 valence electrons. The first-order valence-electron chi connectivity index (χ1n) is 6.72. The monoisotopic (exact) mass is 251 g/mol. The van der Waals surface area contributed by atoms with E-state index in [4.69, 9.17) is 0 Å². The van der Waals surface area contributed by atoms with Crippen molar-refractivity contribution < 1.29 is 0 Å². The van der Waals surface area contributed by atoms with Crippen LogP contribution in [0.2, 0.25) is 0 Å². The highest BCUT2D eigenvalue weighted by Gasteiger charge is 2.31. The lowest BCUT2D eigenvalue weighted by atomic mass is 9.99. The predicted octanol–water partition coefficient (Wildman–Crippen LogP) is 2.37. The molecule has 0 bridgehead atoms. The van der Waals surface area contributed by atoms with E-state index in [-0.39, 0.29) is 0 Å². The lowest BCUT2D eigenvalue weighted by Crippen LogP contribution is -2.55. The molecule has 2 aliphatic heterocycles. The van der Waals surface area contributed by atoms with E-state index in [0.29, 0.717) is 6.04 Å². The molecule has 3 heterocycles. The number of hydrogen-bond donors (Lipinski definition) is 0. The van der Waals surface area contributed by atoms with Gasteiger partial charge in [-0.2, -0.15) is 0 Å². The van der Waals surface area contributed by atoms with Crippen molar-refractivity contribution in [2.45, 2.75) is 38.3 Å². The van der Waals surface area contributed by atoms with Crippen LogP contribution < -0.4 is 0 Å². The third kappa shape index (κ3) is 2.39. The van der Waals surface area contributed by atoms with Crippen LogP contribution in [-0.2, 0) is 0 Å². The Balaban J connectivity index is 1.65. The Bertz CT molecular complexity index is 352. The van der Waals surface area contributed by atoms with Gasteiger partial charge in [-0.25, -0.2) is 4.98 Å². The van der Waals surface area contributed by atoms with E-state index < -0.39 is 0 Å². The summed E-state index contributed by atoms with van der Waals surface area (Å²) in [4.78, 5) is 9.76. The van der Waals surface area contributed by atoms with Gasteiger partial charge in [-0.05, 0) is 26.3 Å². The van der Waals surface area contributed by atoms with Gasteiger partial charge in [0, 0.05) is 37.3 Å². The predicted molar refractivity (Wildman–Crippen MR) is 71.3 cm³/mol. The number of fused-ring (bicyclic) bond motifs is 1. The first-order chi connectivity index (χ1) is 8.34. The molecule has 2 atom stereocenters. The van der Waals surface area contributed by atoms with E-state index >= 15 is 0 Å². The topological polar surface area (TPSA) is 19.4 Å². The van der Waals surface area contributed by atoms with Crippen LogP contribution in [0, 0.1) is 0 Å². The minimum Gasteiger partial charge on any atom is -0.298 e. The molecule has 17 heavy (non-hydrogen) atoms. The van der Waals surface area contributed by atoms with Gasteiger partial charge in [0.25, 0.3) is 0 Å². The summed E-state index contributed by atoms with van der Waals surface area (Å²) >= 11 is 1.79. The maximum atomic E-state index is 4.46. The minimum absolute atomic E-state index is 0.499. The van der Waals surface area contributed by atoms with Crippen LogP contribution in [0.4, 0.5) is 0 Å². The minimum atomic E-state index is 0.499. The second kappa shape index (κ2) is 5.04. The number of piperidine rings is 1. The number of aromatic nitrogens is 1. The lowest BCUT2D eigenvalue weighted by molar-refractivity contribution is 0.0307. The van der Waals surface area contributed by atoms with Crippen molar-refractivity contribution >= 4 is 11.3 Å². The summed E-state index contributed by atoms with van der Waals surface area (Å²) in [5.74, 6) is 0. The molecule has 0 aliphatic carbocycles. The summed E-state index contributed by atoms with van der Waals surface area (Å²) in [6, 6.07) is 1.30. The van der Waals surface area contributed by atoms with Crippen molar-refractivity contribution in [3.05, 3.63) is 16.6 Å². The highest BCUT2D eigenvalue weighted by molar-refractivity contribution is 7.09. The molecule has 2 fully saturated rings. The molecule has 0 amide bonds. The normalized spacial score (nSPS) is 28.9. The van der Waals surface area contributed by atoms with E-state index in [1.807, 2.05) is 6.20 Å². The Hall–Kier alpha value is -0.450. The smallest absolute Gasteiger partial charge is 0.109 e. The summed E-state index contributed by atoms with van der Waals surface area (Å²) in [5.41, 5.74) is 0. The summed E-state index contributed by atoms with van der Waals surface area (Å²) in [7, 11) is 0. The van der Waals surface area contributed by atoms with E-state index in [0.717, 1.165) is 6.04 Å². The fraction of sp³-hybridized carbons (Fsp3) is 0.769. The van der Waals surface area contributed by atoms with Crippen LogP contribution >= 0.6 is 11.3 Å². The van der Waals surface area contributed by atoms with Gasteiger partial charge in [0.1, 0.15) is 5.01 Å². The van der Waals surface area contributed by atoms with E-state index in [1.54, 1.807) is 11.3 Å². The first kappa shape index (κ1) is 11.6. The summed E-state index contributed by atoms with van der Waals surface area (Å²) in [6.45, 7) is 7.32. The fourth-order valence-corrected chi connectivity index (χ4v) is 3.86. The molecule has 2 saturated heterocycles. The van der Waals surface area contributed by atoms with Crippen LogP contribution in [0.3, 0.4) is 0 Å². The second-order valence-corrected chi connectivity index (χ2v) is 6.15. The Kier molecular flexibility index (Phi) is 3.45. The molecule has 0 aromatic carbocycles. The van der Waals surface area contributed by atoms with Gasteiger partial charge in [0.05, 0.1) is 6.04 Å². The quantitative estimate of drug-likeness (QED) is 0.804. The SMILES string of the molecule is CC(c1nccs1)N1CCN2CCCCC2C1. The zero-order valence-corrected chi connectivity index (χ0v) is 11.3. The average molecular weight is 251 g/mol. The average Bonchev–Trinajstić information content (AvgIpc) is 2.91. The van der Waals surface area contributed by atoms with E-state index in [9.17, 15) is 0 Å². The molecule has 0 N–H and O–H groups in total. The zero-order valence-electron chi connectivity index (χ0n) is 10.5. The van der Waals surface area contributed by atoms with Crippen LogP contribution in [-0.4, -0.2) is 47.0 Å². The Morgan fingerprint density at radius 1 is 1.35 bits per heavy atom. The Morgan fingerprint density at radius 2 is 2.29 bits per heavy atom. The molecule has 2 unspecified atom stereocenters. The van der Waals surface area contributed by atoms with Crippen LogP contribution in [0.25, 0.3) is 0 Å². The van der Waals surface area contributed by atoms with Crippen molar-refractivity contribution in [2.24, 2.45) is 0 Å².